The normalized spacial score (nSPS) is 15.1. The molecule has 1 aliphatic heterocycles. The number of carbonyl (C=O) groups is 2. The van der Waals surface area contributed by atoms with Crippen molar-refractivity contribution in [3.05, 3.63) is 76.8 Å². The van der Waals surface area contributed by atoms with E-state index in [2.05, 4.69) is 10.0 Å². The van der Waals surface area contributed by atoms with Gasteiger partial charge in [0, 0.05) is 29.5 Å². The van der Waals surface area contributed by atoms with Crippen LogP contribution in [0.25, 0.3) is 0 Å². The van der Waals surface area contributed by atoms with Crippen molar-refractivity contribution in [1.82, 2.24) is 4.72 Å². The molecule has 2 amide bonds. The summed E-state index contributed by atoms with van der Waals surface area (Å²) < 4.78 is 38.8. The van der Waals surface area contributed by atoms with Gasteiger partial charge in [-0.15, -0.1) is 0 Å². The minimum absolute atomic E-state index is 0.0492. The summed E-state index contributed by atoms with van der Waals surface area (Å²) in [7, 11) is -2.12. The van der Waals surface area contributed by atoms with Gasteiger partial charge in [0.1, 0.15) is 11.5 Å². The second-order valence-corrected chi connectivity index (χ2v) is 11.9. The van der Waals surface area contributed by atoms with Gasteiger partial charge in [-0.3, -0.25) is 9.59 Å². The summed E-state index contributed by atoms with van der Waals surface area (Å²) in [5.74, 6) is 0.305. The fourth-order valence-corrected chi connectivity index (χ4v) is 6.63. The Kier molecular flexibility index (Phi) is 8.30. The van der Waals surface area contributed by atoms with Gasteiger partial charge >= 0.3 is 0 Å². The highest BCUT2D eigenvalue weighted by molar-refractivity contribution is 7.89. The summed E-state index contributed by atoms with van der Waals surface area (Å²) in [5, 5.41) is 2.87. The monoisotopic (exact) mass is 583 g/mol. The number of nitrogens with zero attached hydrogens (tertiary/aromatic N) is 1. The van der Waals surface area contributed by atoms with E-state index in [4.69, 9.17) is 21.1 Å². The number of benzene rings is 3. The molecular weight excluding hydrogens is 554 g/mol. The Balaban J connectivity index is 1.20. The third-order valence-electron chi connectivity index (χ3n) is 7.10. The third-order valence-corrected chi connectivity index (χ3v) is 8.91. The molecule has 2 N–H and O–H groups in total. The molecule has 0 unspecified atom stereocenters. The van der Waals surface area contributed by atoms with Crippen LogP contribution >= 0.6 is 11.6 Å². The van der Waals surface area contributed by atoms with E-state index in [0.717, 1.165) is 43.4 Å². The number of halogens is 1. The van der Waals surface area contributed by atoms with E-state index in [1.807, 2.05) is 6.07 Å². The van der Waals surface area contributed by atoms with E-state index in [-0.39, 0.29) is 34.2 Å². The molecule has 2 aliphatic rings. The molecule has 1 aliphatic carbocycles. The van der Waals surface area contributed by atoms with Gasteiger partial charge in [-0.2, -0.15) is 0 Å². The first kappa shape index (κ1) is 27.9. The number of anilines is 2. The first-order valence-corrected chi connectivity index (χ1v) is 14.9. The number of hydrogen-bond acceptors (Lipinski definition) is 6. The standard InChI is InChI=1S/C29H30ClN3O6S/c1-38-23-10-7-20(8-11-23)29(35)33-15-14-19-6-9-22(16-26(19)33)31-28(34)18-39-27-13-12-24(17-25(27)30)40(36,37)32-21-4-2-3-5-21/h6-13,16-17,21,32H,2-5,14-15,18H2,1H3,(H,31,34). The molecule has 3 aromatic rings. The maximum absolute atomic E-state index is 13.1. The van der Waals surface area contributed by atoms with E-state index in [1.54, 1.807) is 48.4 Å². The lowest BCUT2D eigenvalue weighted by Crippen LogP contribution is -2.32. The molecule has 5 rings (SSSR count). The largest absolute Gasteiger partial charge is 0.497 e. The molecule has 210 valence electrons. The minimum Gasteiger partial charge on any atom is -0.497 e. The SMILES string of the molecule is COc1ccc(C(=O)N2CCc3ccc(NC(=O)COc4ccc(S(=O)(=O)NC5CCCC5)cc4Cl)cc32)cc1. The van der Waals surface area contributed by atoms with Crippen molar-refractivity contribution < 1.29 is 27.5 Å². The fraction of sp³-hybridized carbons (Fsp3) is 0.310. The van der Waals surface area contributed by atoms with Crippen LogP contribution in [-0.4, -0.2) is 46.5 Å². The first-order valence-electron chi connectivity index (χ1n) is 13.1. The van der Waals surface area contributed by atoms with Crippen LogP contribution in [-0.2, 0) is 21.2 Å². The molecule has 0 atom stereocenters. The van der Waals surface area contributed by atoms with Crippen molar-refractivity contribution >= 4 is 44.8 Å². The number of carbonyl (C=O) groups excluding carboxylic acids is 2. The molecule has 0 saturated heterocycles. The van der Waals surface area contributed by atoms with Gasteiger partial charge in [0.2, 0.25) is 10.0 Å². The molecule has 0 aromatic heterocycles. The summed E-state index contributed by atoms with van der Waals surface area (Å²) in [4.78, 5) is 27.5. The minimum atomic E-state index is -3.69. The topological polar surface area (TPSA) is 114 Å². The average molecular weight is 584 g/mol. The van der Waals surface area contributed by atoms with Gasteiger partial charge in [-0.05, 0) is 79.4 Å². The smallest absolute Gasteiger partial charge is 0.262 e. The van der Waals surface area contributed by atoms with Crippen molar-refractivity contribution in [3.63, 3.8) is 0 Å². The molecule has 11 heteroatoms. The highest BCUT2D eigenvalue weighted by Gasteiger charge is 2.27. The van der Waals surface area contributed by atoms with Crippen LogP contribution in [0.1, 0.15) is 41.6 Å². The van der Waals surface area contributed by atoms with Gasteiger partial charge < -0.3 is 19.7 Å². The summed E-state index contributed by atoms with van der Waals surface area (Å²) in [6, 6.07) is 16.5. The van der Waals surface area contributed by atoms with Crippen LogP contribution in [0.15, 0.2) is 65.6 Å². The van der Waals surface area contributed by atoms with E-state index in [1.165, 1.54) is 18.2 Å². The van der Waals surface area contributed by atoms with Gasteiger partial charge in [-0.25, -0.2) is 13.1 Å². The molecule has 1 heterocycles. The van der Waals surface area contributed by atoms with E-state index in [9.17, 15) is 18.0 Å². The number of amides is 2. The van der Waals surface area contributed by atoms with Crippen LogP contribution in [0, 0.1) is 0 Å². The maximum atomic E-state index is 13.1. The van der Waals surface area contributed by atoms with E-state index < -0.39 is 15.9 Å². The molecule has 0 bridgehead atoms. The molecular formula is C29H30ClN3O6S. The Hall–Kier alpha value is -3.60. The van der Waals surface area contributed by atoms with Gasteiger partial charge in [0.15, 0.2) is 6.61 Å². The molecule has 0 spiro atoms. The van der Waals surface area contributed by atoms with Gasteiger partial charge in [0.05, 0.1) is 17.0 Å². The zero-order chi connectivity index (χ0) is 28.3. The van der Waals surface area contributed by atoms with E-state index >= 15 is 0 Å². The van der Waals surface area contributed by atoms with Crippen molar-refractivity contribution in [1.29, 1.82) is 0 Å². The Labute approximate surface area is 238 Å². The lowest BCUT2D eigenvalue weighted by atomic mass is 10.1. The highest BCUT2D eigenvalue weighted by atomic mass is 35.5. The van der Waals surface area contributed by atoms with Crippen LogP contribution < -0.4 is 24.4 Å². The van der Waals surface area contributed by atoms with Crippen molar-refractivity contribution in [3.8, 4) is 11.5 Å². The average Bonchev–Trinajstić information content (AvgIpc) is 3.61. The molecule has 9 nitrogen and oxygen atoms in total. The Morgan fingerprint density at radius 3 is 2.48 bits per heavy atom. The van der Waals surface area contributed by atoms with Crippen molar-refractivity contribution in [2.75, 3.05) is 30.5 Å². The van der Waals surface area contributed by atoms with Crippen LogP contribution in [0.3, 0.4) is 0 Å². The van der Waals surface area contributed by atoms with Crippen molar-refractivity contribution in [2.45, 2.75) is 43.0 Å². The number of hydrogen-bond donors (Lipinski definition) is 2. The Bertz CT molecular complexity index is 1520. The van der Waals surface area contributed by atoms with Crippen molar-refractivity contribution in [2.24, 2.45) is 0 Å². The zero-order valence-electron chi connectivity index (χ0n) is 22.0. The number of methoxy groups -OCH3 is 1. The first-order chi connectivity index (χ1) is 19.2. The predicted molar refractivity (Wildman–Crippen MR) is 153 cm³/mol. The lowest BCUT2D eigenvalue weighted by molar-refractivity contribution is -0.118. The quantitative estimate of drug-likeness (QED) is 0.374. The molecule has 3 aromatic carbocycles. The molecule has 0 radical (unpaired) electrons. The van der Waals surface area contributed by atoms with Crippen LogP contribution in [0.2, 0.25) is 5.02 Å². The summed E-state index contributed by atoms with van der Waals surface area (Å²) in [6.07, 6.45) is 4.38. The third kappa shape index (κ3) is 6.24. The molecule has 40 heavy (non-hydrogen) atoms. The van der Waals surface area contributed by atoms with E-state index in [0.29, 0.717) is 23.5 Å². The Morgan fingerprint density at radius 1 is 1.02 bits per heavy atom. The Morgan fingerprint density at radius 2 is 1.77 bits per heavy atom. The van der Waals surface area contributed by atoms with Gasteiger partial charge in [0.25, 0.3) is 11.8 Å². The number of fused-ring (bicyclic) bond motifs is 1. The fourth-order valence-electron chi connectivity index (χ4n) is 4.99. The summed E-state index contributed by atoms with van der Waals surface area (Å²) in [5.41, 5.74) is 2.82. The van der Waals surface area contributed by atoms with Crippen LogP contribution in [0.4, 0.5) is 11.4 Å². The maximum Gasteiger partial charge on any atom is 0.262 e. The van der Waals surface area contributed by atoms with Gasteiger partial charge in [-0.1, -0.05) is 30.5 Å². The predicted octanol–water partition coefficient (Wildman–Crippen LogP) is 4.79. The number of ether oxygens (including phenoxy) is 2. The summed E-state index contributed by atoms with van der Waals surface area (Å²) >= 11 is 6.28. The molecule has 1 saturated carbocycles. The number of rotatable bonds is 9. The highest BCUT2D eigenvalue weighted by Crippen LogP contribution is 2.33. The second kappa shape index (κ2) is 11.9. The number of nitrogens with one attached hydrogen (secondary N) is 2. The number of sulfonamides is 1. The second-order valence-electron chi connectivity index (χ2n) is 9.81. The van der Waals surface area contributed by atoms with Crippen LogP contribution in [0.5, 0.6) is 11.5 Å². The zero-order valence-corrected chi connectivity index (χ0v) is 23.6. The lowest BCUT2D eigenvalue weighted by Gasteiger charge is -2.18. The molecule has 1 fully saturated rings. The summed E-state index contributed by atoms with van der Waals surface area (Å²) in [6.45, 7) is 0.207.